The molecule has 1 fully saturated rings. The lowest BCUT2D eigenvalue weighted by Gasteiger charge is -2.17. The quantitative estimate of drug-likeness (QED) is 0.906. The maximum Gasteiger partial charge on any atom is 0.255 e. The molecule has 1 N–H and O–H groups in total. The van der Waals surface area contributed by atoms with Gasteiger partial charge in [0.15, 0.2) is 0 Å². The van der Waals surface area contributed by atoms with E-state index >= 15 is 0 Å². The molecule has 0 saturated carbocycles. The van der Waals surface area contributed by atoms with Crippen LogP contribution >= 0.6 is 0 Å². The zero-order valence-electron chi connectivity index (χ0n) is 14.2. The fourth-order valence-corrected chi connectivity index (χ4v) is 3.68. The second kappa shape index (κ2) is 7.28. The van der Waals surface area contributed by atoms with Gasteiger partial charge in [-0.3, -0.25) is 4.79 Å². The predicted molar refractivity (Wildman–Crippen MR) is 95.9 cm³/mol. The van der Waals surface area contributed by atoms with Crippen LogP contribution in [0.3, 0.4) is 0 Å². The van der Waals surface area contributed by atoms with E-state index in [1.807, 2.05) is 30.3 Å². The summed E-state index contributed by atoms with van der Waals surface area (Å²) >= 11 is 0. The number of hydrogen-bond donors (Lipinski definition) is 1. The van der Waals surface area contributed by atoms with E-state index in [0.717, 1.165) is 32.3 Å². The van der Waals surface area contributed by atoms with Crippen molar-refractivity contribution in [3.05, 3.63) is 65.2 Å². The molecule has 0 bridgehead atoms. The third-order valence-electron chi connectivity index (χ3n) is 5.02. The summed E-state index contributed by atoms with van der Waals surface area (Å²) in [5.41, 5.74) is 3.15. The summed E-state index contributed by atoms with van der Waals surface area (Å²) in [6.45, 7) is 1.30. The summed E-state index contributed by atoms with van der Waals surface area (Å²) in [5, 5.41) is 3.17. The smallest absolute Gasteiger partial charge is 0.255 e. The Morgan fingerprint density at radius 3 is 2.84 bits per heavy atom. The minimum Gasteiger partial charge on any atom is -0.490 e. The number of benzene rings is 2. The van der Waals surface area contributed by atoms with E-state index in [2.05, 4.69) is 23.5 Å². The maximum absolute atomic E-state index is 12.8. The van der Waals surface area contributed by atoms with Gasteiger partial charge in [0.05, 0.1) is 17.7 Å². The monoisotopic (exact) mass is 337 g/mol. The first-order valence-corrected chi connectivity index (χ1v) is 9.03. The molecule has 1 amide bonds. The molecule has 4 rings (SSSR count). The van der Waals surface area contributed by atoms with Crippen molar-refractivity contribution >= 4 is 5.91 Å². The molecule has 0 spiro atoms. The third kappa shape index (κ3) is 3.54. The highest BCUT2D eigenvalue weighted by molar-refractivity contribution is 5.97. The van der Waals surface area contributed by atoms with Crippen LogP contribution in [0, 0.1) is 0 Å². The van der Waals surface area contributed by atoms with Crippen molar-refractivity contribution in [2.75, 3.05) is 13.2 Å². The van der Waals surface area contributed by atoms with Gasteiger partial charge in [-0.15, -0.1) is 0 Å². The Bertz CT molecular complexity index is 752. The number of rotatable bonds is 5. The molecule has 1 heterocycles. The second-order valence-corrected chi connectivity index (χ2v) is 6.71. The van der Waals surface area contributed by atoms with Gasteiger partial charge in [0.1, 0.15) is 12.4 Å². The Morgan fingerprint density at radius 1 is 1.12 bits per heavy atom. The highest BCUT2D eigenvalue weighted by Crippen LogP contribution is 2.31. The zero-order valence-corrected chi connectivity index (χ0v) is 14.2. The van der Waals surface area contributed by atoms with Crippen molar-refractivity contribution in [2.24, 2.45) is 0 Å². The van der Waals surface area contributed by atoms with Gasteiger partial charge >= 0.3 is 0 Å². The average molecular weight is 337 g/mol. The maximum atomic E-state index is 12.8. The minimum atomic E-state index is -0.0790. The molecule has 1 aliphatic heterocycles. The first-order chi connectivity index (χ1) is 12.3. The van der Waals surface area contributed by atoms with Crippen LogP contribution in [0.5, 0.6) is 5.75 Å². The van der Waals surface area contributed by atoms with Crippen LogP contribution in [-0.2, 0) is 11.2 Å². The van der Waals surface area contributed by atoms with Gasteiger partial charge in [-0.25, -0.2) is 0 Å². The summed E-state index contributed by atoms with van der Waals surface area (Å²) in [6, 6.07) is 15.8. The van der Waals surface area contributed by atoms with Crippen molar-refractivity contribution in [1.82, 2.24) is 5.32 Å². The molecular formula is C21H23NO3. The standard InChI is InChI=1S/C21H23NO3/c23-21(22-19-12-11-15-6-1-2-8-17(15)19)18-9-3-4-10-20(18)25-14-16-7-5-13-24-16/h1-4,6,8-10,16,19H,5,7,11-14H2,(H,22,23)/t16-,19+/m1/s1. The number of ether oxygens (including phenoxy) is 2. The molecule has 0 radical (unpaired) electrons. The molecule has 4 heteroatoms. The van der Waals surface area contributed by atoms with Gasteiger partial charge in [-0.2, -0.15) is 0 Å². The lowest BCUT2D eigenvalue weighted by molar-refractivity contribution is 0.0670. The van der Waals surface area contributed by atoms with E-state index in [9.17, 15) is 4.79 Å². The Labute approximate surface area is 148 Å². The predicted octanol–water partition coefficient (Wildman–Crippen LogP) is 3.66. The number of aryl methyl sites for hydroxylation is 1. The van der Waals surface area contributed by atoms with E-state index in [1.54, 1.807) is 0 Å². The van der Waals surface area contributed by atoms with Crippen molar-refractivity contribution in [3.63, 3.8) is 0 Å². The SMILES string of the molecule is O=C(N[C@H]1CCc2ccccc21)c1ccccc1OC[C@H]1CCCO1. The first kappa shape index (κ1) is 16.2. The summed E-state index contributed by atoms with van der Waals surface area (Å²) in [6.07, 6.45) is 4.20. The van der Waals surface area contributed by atoms with Crippen molar-refractivity contribution in [3.8, 4) is 5.75 Å². The number of hydrogen-bond acceptors (Lipinski definition) is 3. The summed E-state index contributed by atoms with van der Waals surface area (Å²) in [5.74, 6) is 0.548. The molecule has 0 aromatic heterocycles. The topological polar surface area (TPSA) is 47.6 Å². The number of para-hydroxylation sites is 1. The van der Waals surface area contributed by atoms with Crippen LogP contribution in [0.2, 0.25) is 0 Å². The Morgan fingerprint density at radius 2 is 1.96 bits per heavy atom. The number of amides is 1. The molecule has 2 aliphatic rings. The van der Waals surface area contributed by atoms with Gasteiger partial charge in [-0.1, -0.05) is 36.4 Å². The molecule has 2 atom stereocenters. The third-order valence-corrected chi connectivity index (χ3v) is 5.02. The Kier molecular flexibility index (Phi) is 4.70. The number of carbonyl (C=O) groups is 1. The minimum absolute atomic E-state index is 0.0786. The Balaban J connectivity index is 1.45. The molecule has 130 valence electrons. The summed E-state index contributed by atoms with van der Waals surface area (Å²) in [4.78, 5) is 12.8. The first-order valence-electron chi connectivity index (χ1n) is 9.03. The fourth-order valence-electron chi connectivity index (χ4n) is 3.68. The molecule has 0 unspecified atom stereocenters. The van der Waals surface area contributed by atoms with Gasteiger partial charge in [-0.05, 0) is 48.9 Å². The molecule has 1 aliphatic carbocycles. The largest absolute Gasteiger partial charge is 0.490 e. The van der Waals surface area contributed by atoms with Crippen LogP contribution < -0.4 is 10.1 Å². The lowest BCUT2D eigenvalue weighted by atomic mass is 10.1. The van der Waals surface area contributed by atoms with Crippen LogP contribution in [0.1, 0.15) is 46.8 Å². The average Bonchev–Trinajstić information content (AvgIpc) is 3.30. The molecular weight excluding hydrogens is 314 g/mol. The molecule has 4 nitrogen and oxygen atoms in total. The number of fused-ring (bicyclic) bond motifs is 1. The van der Waals surface area contributed by atoms with Crippen LogP contribution in [0.4, 0.5) is 0 Å². The van der Waals surface area contributed by atoms with Gasteiger partial charge < -0.3 is 14.8 Å². The molecule has 25 heavy (non-hydrogen) atoms. The van der Waals surface area contributed by atoms with E-state index < -0.39 is 0 Å². The van der Waals surface area contributed by atoms with E-state index in [4.69, 9.17) is 9.47 Å². The second-order valence-electron chi connectivity index (χ2n) is 6.71. The van der Waals surface area contributed by atoms with Gasteiger partial charge in [0, 0.05) is 6.61 Å². The molecule has 2 aromatic rings. The number of nitrogens with one attached hydrogen (secondary N) is 1. The highest BCUT2D eigenvalue weighted by Gasteiger charge is 2.25. The normalized spacial score (nSPS) is 21.8. The van der Waals surface area contributed by atoms with Gasteiger partial charge in [0.2, 0.25) is 0 Å². The van der Waals surface area contributed by atoms with Crippen molar-refractivity contribution in [1.29, 1.82) is 0 Å². The number of carbonyl (C=O) groups excluding carboxylic acids is 1. The highest BCUT2D eigenvalue weighted by atomic mass is 16.5. The van der Waals surface area contributed by atoms with Crippen LogP contribution in [-0.4, -0.2) is 25.2 Å². The van der Waals surface area contributed by atoms with Crippen molar-refractivity contribution < 1.29 is 14.3 Å². The Hall–Kier alpha value is -2.33. The van der Waals surface area contributed by atoms with E-state index in [0.29, 0.717) is 17.9 Å². The lowest BCUT2D eigenvalue weighted by Crippen LogP contribution is -2.28. The zero-order chi connectivity index (χ0) is 17.1. The van der Waals surface area contributed by atoms with Crippen LogP contribution in [0.25, 0.3) is 0 Å². The molecule has 1 saturated heterocycles. The van der Waals surface area contributed by atoms with Gasteiger partial charge in [0.25, 0.3) is 5.91 Å². The van der Waals surface area contributed by atoms with Crippen molar-refractivity contribution in [2.45, 2.75) is 37.8 Å². The van der Waals surface area contributed by atoms with E-state index in [-0.39, 0.29) is 18.1 Å². The fraction of sp³-hybridized carbons (Fsp3) is 0.381. The molecule has 2 aromatic carbocycles. The van der Waals surface area contributed by atoms with E-state index in [1.165, 1.54) is 11.1 Å². The summed E-state index contributed by atoms with van der Waals surface area (Å²) in [7, 11) is 0. The van der Waals surface area contributed by atoms with Crippen LogP contribution in [0.15, 0.2) is 48.5 Å². The summed E-state index contributed by atoms with van der Waals surface area (Å²) < 4.78 is 11.5.